The molecule has 0 spiro atoms. The van der Waals surface area contributed by atoms with Crippen LogP contribution in [0.5, 0.6) is 0 Å². The molecule has 21 heavy (non-hydrogen) atoms. The molecule has 0 saturated heterocycles. The van der Waals surface area contributed by atoms with Crippen molar-refractivity contribution >= 4 is 5.84 Å². The molecule has 110 valence electrons. The van der Waals surface area contributed by atoms with E-state index in [-0.39, 0.29) is 17.9 Å². The predicted molar refractivity (Wildman–Crippen MR) is 83.0 cm³/mol. The van der Waals surface area contributed by atoms with Crippen molar-refractivity contribution in [3.8, 4) is 0 Å². The van der Waals surface area contributed by atoms with Gasteiger partial charge in [0.25, 0.3) is 0 Å². The minimum atomic E-state index is -0.0229. The van der Waals surface area contributed by atoms with Gasteiger partial charge in [0.15, 0.2) is 0 Å². The van der Waals surface area contributed by atoms with Gasteiger partial charge in [0, 0.05) is 30.9 Å². The number of pyridine rings is 1. The number of benzene rings is 1. The minimum absolute atomic E-state index is 0.0229. The third kappa shape index (κ3) is 4.29. The number of nitrogens with zero attached hydrogens (tertiary/aromatic N) is 2. The highest BCUT2D eigenvalue weighted by Gasteiger charge is 2.17. The number of oxime groups is 1. The molecule has 0 aliphatic heterocycles. The van der Waals surface area contributed by atoms with Crippen LogP contribution in [0, 0.1) is 0 Å². The smallest absolute Gasteiger partial charge is 0.141 e. The fourth-order valence-electron chi connectivity index (χ4n) is 2.26. The average molecular weight is 284 g/mol. The highest BCUT2D eigenvalue weighted by atomic mass is 16.4. The molecule has 0 saturated carbocycles. The van der Waals surface area contributed by atoms with E-state index in [2.05, 4.69) is 22.4 Å². The Morgan fingerprint density at radius 1 is 1.19 bits per heavy atom. The zero-order valence-electron chi connectivity index (χ0n) is 12.0. The second kappa shape index (κ2) is 7.40. The fourth-order valence-corrected chi connectivity index (χ4v) is 2.26. The second-order valence-corrected chi connectivity index (χ2v) is 4.93. The van der Waals surface area contributed by atoms with Crippen LogP contribution in [0.4, 0.5) is 0 Å². The lowest BCUT2D eigenvalue weighted by atomic mass is 10.0. The monoisotopic (exact) mass is 284 g/mol. The van der Waals surface area contributed by atoms with Gasteiger partial charge in [-0.1, -0.05) is 35.5 Å². The van der Waals surface area contributed by atoms with E-state index in [0.717, 1.165) is 11.1 Å². The summed E-state index contributed by atoms with van der Waals surface area (Å²) in [5.74, 6) is 0.207. The zero-order chi connectivity index (χ0) is 15.1. The summed E-state index contributed by atoms with van der Waals surface area (Å²) in [7, 11) is 0. The molecule has 2 atom stereocenters. The first-order valence-corrected chi connectivity index (χ1v) is 6.88. The van der Waals surface area contributed by atoms with Crippen molar-refractivity contribution in [1.29, 1.82) is 0 Å². The lowest BCUT2D eigenvalue weighted by molar-refractivity contribution is 0.315. The largest absolute Gasteiger partial charge is 0.409 e. The van der Waals surface area contributed by atoms with E-state index in [1.807, 2.05) is 42.5 Å². The summed E-state index contributed by atoms with van der Waals surface area (Å²) in [4.78, 5) is 4.03. The van der Waals surface area contributed by atoms with Crippen LogP contribution in [-0.4, -0.2) is 16.0 Å². The Bertz CT molecular complexity index is 571. The third-order valence-electron chi connectivity index (χ3n) is 3.40. The van der Waals surface area contributed by atoms with Gasteiger partial charge in [-0.05, 0) is 30.2 Å². The van der Waals surface area contributed by atoms with Crippen LogP contribution in [-0.2, 0) is 0 Å². The van der Waals surface area contributed by atoms with Crippen LogP contribution in [0.1, 0.15) is 36.6 Å². The lowest BCUT2D eigenvalue weighted by Crippen LogP contribution is -2.29. The molecule has 5 heteroatoms. The third-order valence-corrected chi connectivity index (χ3v) is 3.40. The molecule has 0 radical (unpaired) electrons. The molecule has 0 aliphatic carbocycles. The number of amidine groups is 1. The Kier molecular flexibility index (Phi) is 5.29. The maximum Gasteiger partial charge on any atom is 0.141 e. The molecule has 0 bridgehead atoms. The van der Waals surface area contributed by atoms with Gasteiger partial charge in [-0.25, -0.2) is 0 Å². The fraction of sp³-hybridized carbons (Fsp3) is 0.250. The molecule has 2 aromatic rings. The van der Waals surface area contributed by atoms with Crippen LogP contribution < -0.4 is 11.1 Å². The van der Waals surface area contributed by atoms with Crippen LogP contribution in [0.2, 0.25) is 0 Å². The number of nitrogens with two attached hydrogens (primary N) is 1. The first-order valence-electron chi connectivity index (χ1n) is 6.88. The molecule has 5 nitrogen and oxygen atoms in total. The molecule has 1 heterocycles. The minimum Gasteiger partial charge on any atom is -0.409 e. The van der Waals surface area contributed by atoms with Gasteiger partial charge in [0.1, 0.15) is 5.84 Å². The van der Waals surface area contributed by atoms with Crippen molar-refractivity contribution < 1.29 is 5.21 Å². The number of aromatic nitrogens is 1. The van der Waals surface area contributed by atoms with Crippen molar-refractivity contribution in [2.24, 2.45) is 10.9 Å². The van der Waals surface area contributed by atoms with Gasteiger partial charge in [-0.3, -0.25) is 4.98 Å². The van der Waals surface area contributed by atoms with E-state index in [1.54, 1.807) is 12.4 Å². The van der Waals surface area contributed by atoms with Crippen LogP contribution in [0.15, 0.2) is 60.0 Å². The first-order chi connectivity index (χ1) is 10.2. The predicted octanol–water partition coefficient (Wildman–Crippen LogP) is 2.61. The standard InChI is InChI=1S/C16H20N4O/c1-12(13-7-9-18-10-8-13)19-15(11-16(17)20-21)14-5-3-2-4-6-14/h2-10,12,15,19,21H,11H2,1H3,(H2,17,20)/t12-,15?/m1/s1. The van der Waals surface area contributed by atoms with Crippen LogP contribution in [0.3, 0.4) is 0 Å². The number of rotatable bonds is 6. The summed E-state index contributed by atoms with van der Waals surface area (Å²) in [5, 5.41) is 15.4. The lowest BCUT2D eigenvalue weighted by Gasteiger charge is -2.23. The van der Waals surface area contributed by atoms with E-state index in [0.29, 0.717) is 6.42 Å². The van der Waals surface area contributed by atoms with Gasteiger partial charge >= 0.3 is 0 Å². The Labute approximate surface area is 124 Å². The van der Waals surface area contributed by atoms with Crippen molar-refractivity contribution in [3.05, 3.63) is 66.0 Å². The molecule has 0 fully saturated rings. The van der Waals surface area contributed by atoms with Crippen molar-refractivity contribution in [3.63, 3.8) is 0 Å². The summed E-state index contributed by atoms with van der Waals surface area (Å²) in [6.07, 6.45) is 3.99. The highest BCUT2D eigenvalue weighted by molar-refractivity contribution is 5.80. The number of hydrogen-bond donors (Lipinski definition) is 3. The van der Waals surface area contributed by atoms with E-state index >= 15 is 0 Å². The highest BCUT2D eigenvalue weighted by Crippen LogP contribution is 2.22. The maximum absolute atomic E-state index is 8.81. The molecule has 2 rings (SSSR count). The summed E-state index contributed by atoms with van der Waals surface area (Å²) in [6, 6.07) is 14.0. The number of hydrogen-bond acceptors (Lipinski definition) is 4. The van der Waals surface area contributed by atoms with Gasteiger partial charge in [0.2, 0.25) is 0 Å². The van der Waals surface area contributed by atoms with Crippen molar-refractivity contribution in [2.45, 2.75) is 25.4 Å². The molecule has 1 aromatic heterocycles. The summed E-state index contributed by atoms with van der Waals surface area (Å²) in [6.45, 7) is 2.08. The van der Waals surface area contributed by atoms with E-state index < -0.39 is 0 Å². The molecule has 1 unspecified atom stereocenters. The molecule has 1 aromatic carbocycles. The van der Waals surface area contributed by atoms with Gasteiger partial charge in [-0.2, -0.15) is 0 Å². The van der Waals surface area contributed by atoms with E-state index in [4.69, 9.17) is 10.9 Å². The van der Waals surface area contributed by atoms with Gasteiger partial charge in [-0.15, -0.1) is 0 Å². The molecular formula is C16H20N4O. The Morgan fingerprint density at radius 2 is 1.86 bits per heavy atom. The Morgan fingerprint density at radius 3 is 2.48 bits per heavy atom. The molecule has 0 amide bonds. The first kappa shape index (κ1) is 15.0. The van der Waals surface area contributed by atoms with Gasteiger partial charge < -0.3 is 16.3 Å². The Balaban J connectivity index is 2.16. The molecule has 0 aliphatic rings. The average Bonchev–Trinajstić information content (AvgIpc) is 2.55. The topological polar surface area (TPSA) is 83.5 Å². The normalized spacial score (nSPS) is 14.6. The van der Waals surface area contributed by atoms with Gasteiger partial charge in [0.05, 0.1) is 0 Å². The SMILES string of the molecule is C[C@@H](NC(C/C(N)=N/O)c1ccccc1)c1ccncc1. The summed E-state index contributed by atoms with van der Waals surface area (Å²) in [5.41, 5.74) is 7.92. The summed E-state index contributed by atoms with van der Waals surface area (Å²) < 4.78 is 0. The summed E-state index contributed by atoms with van der Waals surface area (Å²) >= 11 is 0. The maximum atomic E-state index is 8.81. The number of nitrogens with one attached hydrogen (secondary N) is 1. The van der Waals surface area contributed by atoms with Crippen LogP contribution in [0.25, 0.3) is 0 Å². The molecular weight excluding hydrogens is 264 g/mol. The van der Waals surface area contributed by atoms with Crippen LogP contribution >= 0.6 is 0 Å². The second-order valence-electron chi connectivity index (χ2n) is 4.93. The van der Waals surface area contributed by atoms with Crippen molar-refractivity contribution in [1.82, 2.24) is 10.3 Å². The quantitative estimate of drug-likeness (QED) is 0.329. The zero-order valence-corrected chi connectivity index (χ0v) is 12.0. The van der Waals surface area contributed by atoms with E-state index in [1.165, 1.54) is 0 Å². The Hall–Kier alpha value is -2.40. The molecule has 4 N–H and O–H groups in total. The van der Waals surface area contributed by atoms with E-state index in [9.17, 15) is 0 Å². The van der Waals surface area contributed by atoms with Crippen molar-refractivity contribution in [2.75, 3.05) is 0 Å².